The summed E-state index contributed by atoms with van der Waals surface area (Å²) in [5, 5.41) is 15.2. The molecule has 6 aromatic rings. The van der Waals surface area contributed by atoms with E-state index >= 15 is 0 Å². The molecule has 1 saturated carbocycles. The van der Waals surface area contributed by atoms with Crippen molar-refractivity contribution < 1.29 is 23.1 Å². The number of carbonyl (C=O) groups is 2. The topological polar surface area (TPSA) is 122 Å². The first kappa shape index (κ1) is 29.0. The Morgan fingerprint density at radius 1 is 0.891 bits per heavy atom. The Labute approximate surface area is 263 Å². The number of aromatic amines is 1. The molecule has 0 radical (unpaired) electrons. The molecule has 2 heterocycles. The number of aromatic nitrogens is 3. The van der Waals surface area contributed by atoms with E-state index in [1.54, 1.807) is 38.4 Å². The molecule has 46 heavy (non-hydrogen) atoms. The molecule has 2 amide bonds. The van der Waals surface area contributed by atoms with E-state index < -0.39 is 5.54 Å². The summed E-state index contributed by atoms with van der Waals surface area (Å²) >= 11 is 0. The Balaban J connectivity index is 1.18. The summed E-state index contributed by atoms with van der Waals surface area (Å²) in [7, 11) is 3.17. The molecule has 0 bridgehead atoms. The number of carbonyl (C=O) groups excluding carboxylic acids is 2. The van der Waals surface area contributed by atoms with Crippen LogP contribution < -0.4 is 15.4 Å². The molecule has 0 atom stereocenters. The van der Waals surface area contributed by atoms with Crippen molar-refractivity contribution in [2.24, 2.45) is 0 Å². The van der Waals surface area contributed by atoms with Crippen LogP contribution in [0.2, 0.25) is 0 Å². The number of nitrogens with zero attached hydrogens (tertiary/aromatic N) is 2. The number of nitrogens with one attached hydrogen (secondary N) is 3. The molecule has 2 aromatic heterocycles. The predicted molar refractivity (Wildman–Crippen MR) is 172 cm³/mol. The molecule has 0 spiro atoms. The molecular formula is C36H30FN5O4. The van der Waals surface area contributed by atoms with Gasteiger partial charge in [0.05, 0.1) is 12.7 Å². The van der Waals surface area contributed by atoms with Gasteiger partial charge in [0.1, 0.15) is 28.4 Å². The third-order valence-electron chi connectivity index (χ3n) is 8.47. The van der Waals surface area contributed by atoms with Gasteiger partial charge in [0.25, 0.3) is 11.8 Å². The minimum absolute atomic E-state index is 0.227. The molecule has 0 aliphatic heterocycles. The third kappa shape index (κ3) is 5.17. The fourth-order valence-corrected chi connectivity index (χ4v) is 5.69. The number of methoxy groups -OCH3 is 1. The van der Waals surface area contributed by atoms with Crippen molar-refractivity contribution in [1.82, 2.24) is 25.8 Å². The highest BCUT2D eigenvalue weighted by Crippen LogP contribution is 2.44. The molecule has 0 saturated heterocycles. The van der Waals surface area contributed by atoms with Gasteiger partial charge in [0.2, 0.25) is 0 Å². The summed E-state index contributed by atoms with van der Waals surface area (Å²) in [5.74, 6) is 1.40. The lowest BCUT2D eigenvalue weighted by Gasteiger charge is -2.16. The monoisotopic (exact) mass is 615 g/mol. The van der Waals surface area contributed by atoms with Crippen molar-refractivity contribution in [3.8, 4) is 39.6 Å². The van der Waals surface area contributed by atoms with Crippen LogP contribution in [0.3, 0.4) is 0 Å². The minimum atomic E-state index is -0.616. The predicted octanol–water partition coefficient (Wildman–Crippen LogP) is 6.79. The summed E-state index contributed by atoms with van der Waals surface area (Å²) in [4.78, 5) is 30.0. The van der Waals surface area contributed by atoms with Crippen LogP contribution in [0, 0.1) is 12.7 Å². The Bertz CT molecular complexity index is 2110. The quantitative estimate of drug-likeness (QED) is 0.173. The van der Waals surface area contributed by atoms with Gasteiger partial charge < -0.3 is 24.8 Å². The molecule has 3 N–H and O–H groups in total. The first-order valence-electron chi connectivity index (χ1n) is 14.8. The number of hydrogen-bond acceptors (Lipinski definition) is 6. The molecule has 7 rings (SSSR count). The molecule has 0 unspecified atom stereocenters. The number of benzene rings is 4. The number of rotatable bonds is 8. The molecule has 9 nitrogen and oxygen atoms in total. The van der Waals surface area contributed by atoms with Gasteiger partial charge in [-0.3, -0.25) is 9.59 Å². The second-order valence-corrected chi connectivity index (χ2v) is 11.4. The van der Waals surface area contributed by atoms with Gasteiger partial charge in [-0.1, -0.05) is 12.1 Å². The van der Waals surface area contributed by atoms with Gasteiger partial charge in [-0.2, -0.15) is 0 Å². The highest BCUT2D eigenvalue weighted by atomic mass is 19.1. The average molecular weight is 616 g/mol. The fourth-order valence-electron chi connectivity index (χ4n) is 5.69. The number of aryl methyl sites for hydroxylation is 1. The van der Waals surface area contributed by atoms with Crippen LogP contribution in [0.15, 0.2) is 89.3 Å². The minimum Gasteiger partial charge on any atom is -0.497 e. The fraction of sp³-hybridized carbons (Fsp3) is 0.167. The Morgan fingerprint density at radius 2 is 1.61 bits per heavy atom. The summed E-state index contributed by atoms with van der Waals surface area (Å²) in [6.45, 7) is 1.97. The maximum absolute atomic E-state index is 13.6. The van der Waals surface area contributed by atoms with Crippen molar-refractivity contribution in [1.29, 1.82) is 0 Å². The zero-order chi connectivity index (χ0) is 32.0. The molecular weight excluding hydrogens is 585 g/mol. The van der Waals surface area contributed by atoms with Crippen LogP contribution in [0.25, 0.3) is 44.8 Å². The highest BCUT2D eigenvalue weighted by Gasteiger charge is 2.49. The van der Waals surface area contributed by atoms with E-state index in [2.05, 4.69) is 25.8 Å². The van der Waals surface area contributed by atoms with Crippen LogP contribution in [0.5, 0.6) is 5.75 Å². The Kier molecular flexibility index (Phi) is 7.12. The van der Waals surface area contributed by atoms with Crippen molar-refractivity contribution in [2.45, 2.75) is 25.3 Å². The molecule has 10 heteroatoms. The van der Waals surface area contributed by atoms with Gasteiger partial charge in [0.15, 0.2) is 11.6 Å². The van der Waals surface area contributed by atoms with E-state index in [0.29, 0.717) is 45.1 Å². The van der Waals surface area contributed by atoms with Crippen molar-refractivity contribution >= 4 is 22.8 Å². The maximum atomic E-state index is 13.6. The maximum Gasteiger partial charge on any atom is 0.255 e. The van der Waals surface area contributed by atoms with Gasteiger partial charge in [-0.05, 0) is 109 Å². The summed E-state index contributed by atoms with van der Waals surface area (Å²) in [5.41, 5.74) is 4.82. The first-order valence-corrected chi connectivity index (χ1v) is 14.8. The smallest absolute Gasteiger partial charge is 0.255 e. The number of fused-ring (bicyclic) bond motifs is 1. The molecule has 1 aliphatic carbocycles. The third-order valence-corrected chi connectivity index (χ3v) is 8.47. The van der Waals surface area contributed by atoms with Crippen LogP contribution in [-0.4, -0.2) is 41.2 Å². The molecule has 4 aromatic carbocycles. The van der Waals surface area contributed by atoms with E-state index in [4.69, 9.17) is 9.15 Å². The second-order valence-electron chi connectivity index (χ2n) is 11.4. The van der Waals surface area contributed by atoms with Crippen molar-refractivity contribution in [3.63, 3.8) is 0 Å². The second kappa shape index (κ2) is 11.3. The van der Waals surface area contributed by atoms with Crippen LogP contribution in [0.1, 0.15) is 44.9 Å². The number of H-pyrrole nitrogens is 1. The van der Waals surface area contributed by atoms with E-state index in [1.807, 2.05) is 55.5 Å². The lowest BCUT2D eigenvalue weighted by molar-refractivity contribution is 0.0927. The Hall–Kier alpha value is -5.77. The molecule has 1 aliphatic rings. The number of hydrogen-bond donors (Lipinski definition) is 3. The number of ether oxygens (including phenoxy) is 1. The summed E-state index contributed by atoms with van der Waals surface area (Å²) in [6.07, 6.45) is 1.48. The van der Waals surface area contributed by atoms with Crippen LogP contribution >= 0.6 is 0 Å². The first-order chi connectivity index (χ1) is 22.3. The molecule has 1 fully saturated rings. The van der Waals surface area contributed by atoms with Gasteiger partial charge in [-0.15, -0.1) is 10.2 Å². The number of amides is 2. The zero-order valence-electron chi connectivity index (χ0n) is 25.4. The normalized spacial score (nSPS) is 13.4. The lowest BCUT2D eigenvalue weighted by Crippen LogP contribution is -2.35. The van der Waals surface area contributed by atoms with Crippen molar-refractivity contribution in [3.05, 3.63) is 113 Å². The van der Waals surface area contributed by atoms with E-state index in [0.717, 1.165) is 40.8 Å². The number of furan rings is 1. The zero-order valence-corrected chi connectivity index (χ0v) is 25.4. The van der Waals surface area contributed by atoms with E-state index in [1.165, 1.54) is 12.1 Å². The highest BCUT2D eigenvalue weighted by molar-refractivity contribution is 6.12. The summed E-state index contributed by atoms with van der Waals surface area (Å²) in [6, 6.07) is 24.5. The standard InChI is InChI=1S/C36H30FN5O4/c1-20-4-5-24(33(43)40-36(16-17-36)35-39-32(41-42-35)22-8-13-26(45-3)14-9-22)19-27(20)23-10-15-29-28(18-23)30(34(44)38-2)31(46-29)21-6-11-25(37)12-7-21/h4-15,18-19H,16-17H2,1-3H3,(H,38,44)(H,40,43)(H,39,41,42). The van der Waals surface area contributed by atoms with Crippen LogP contribution in [-0.2, 0) is 5.54 Å². The van der Waals surface area contributed by atoms with Crippen molar-refractivity contribution in [2.75, 3.05) is 14.2 Å². The van der Waals surface area contributed by atoms with E-state index in [-0.39, 0.29) is 17.6 Å². The van der Waals surface area contributed by atoms with Gasteiger partial charge in [0, 0.05) is 29.1 Å². The van der Waals surface area contributed by atoms with Crippen LogP contribution in [0.4, 0.5) is 4.39 Å². The largest absolute Gasteiger partial charge is 0.497 e. The van der Waals surface area contributed by atoms with E-state index in [9.17, 15) is 14.0 Å². The summed E-state index contributed by atoms with van der Waals surface area (Å²) < 4.78 is 25.0. The SMILES string of the molecule is CNC(=O)c1c(-c2ccc(F)cc2)oc2ccc(-c3cc(C(=O)NC4(c5nnc(-c6ccc(OC)cc6)[nH]5)CC4)ccc3C)cc12. The Morgan fingerprint density at radius 3 is 2.30 bits per heavy atom. The van der Waals surface area contributed by atoms with Gasteiger partial charge >= 0.3 is 0 Å². The lowest BCUT2D eigenvalue weighted by atomic mass is 9.95. The average Bonchev–Trinajstić information content (AvgIpc) is 3.50. The molecule has 230 valence electrons. The van der Waals surface area contributed by atoms with Gasteiger partial charge in [-0.25, -0.2) is 4.39 Å². The number of halogens is 1.